The Labute approximate surface area is 108 Å². The molecule has 1 saturated heterocycles. The molecule has 0 aliphatic carbocycles. The summed E-state index contributed by atoms with van der Waals surface area (Å²) in [5.74, 6) is -0.195. The Morgan fingerprint density at radius 3 is 2.65 bits per heavy atom. The lowest BCUT2D eigenvalue weighted by Gasteiger charge is -2.13. The number of halogens is 1. The number of pyridine rings is 1. The van der Waals surface area contributed by atoms with Crippen molar-refractivity contribution < 1.29 is 9.59 Å². The van der Waals surface area contributed by atoms with Gasteiger partial charge in [-0.05, 0) is 28.4 Å². The van der Waals surface area contributed by atoms with E-state index < -0.39 is 0 Å². The molecule has 1 aliphatic rings. The summed E-state index contributed by atoms with van der Waals surface area (Å²) in [5, 5.41) is 0. The van der Waals surface area contributed by atoms with Crippen molar-refractivity contribution >= 4 is 33.6 Å². The number of anilines is 1. The zero-order chi connectivity index (χ0) is 12.6. The van der Waals surface area contributed by atoms with Crippen molar-refractivity contribution in [3.63, 3.8) is 0 Å². The summed E-state index contributed by atoms with van der Waals surface area (Å²) in [7, 11) is 1.64. The lowest BCUT2D eigenvalue weighted by atomic mass is 10.2. The van der Waals surface area contributed by atoms with E-state index in [1.54, 1.807) is 19.3 Å². The minimum Gasteiger partial charge on any atom is -0.315 e. The van der Waals surface area contributed by atoms with E-state index in [4.69, 9.17) is 0 Å². The van der Waals surface area contributed by atoms with Crippen LogP contribution in [0, 0.1) is 0 Å². The molecular formula is C11H12BrN3O2. The zero-order valence-electron chi connectivity index (χ0n) is 9.55. The molecule has 17 heavy (non-hydrogen) atoms. The van der Waals surface area contributed by atoms with Crippen LogP contribution in [-0.4, -0.2) is 34.9 Å². The molecule has 1 atom stereocenters. The van der Waals surface area contributed by atoms with Crippen LogP contribution >= 0.6 is 15.9 Å². The molecule has 6 heteroatoms. The highest BCUT2D eigenvalue weighted by molar-refractivity contribution is 9.10. The highest BCUT2D eigenvalue weighted by Gasteiger charge is 2.42. The van der Waals surface area contributed by atoms with E-state index in [2.05, 4.69) is 20.9 Å². The first-order valence-electron chi connectivity index (χ1n) is 5.27. The maximum atomic E-state index is 12.1. The van der Waals surface area contributed by atoms with Crippen molar-refractivity contribution in [2.24, 2.45) is 0 Å². The van der Waals surface area contributed by atoms with Crippen LogP contribution in [0.3, 0.4) is 0 Å². The number of aromatic nitrogens is 1. The van der Waals surface area contributed by atoms with Crippen LogP contribution in [-0.2, 0) is 4.79 Å². The zero-order valence-corrected chi connectivity index (χ0v) is 11.1. The average Bonchev–Trinajstić information content (AvgIpc) is 2.50. The minimum atomic E-state index is -0.374. The molecule has 3 amide bonds. The van der Waals surface area contributed by atoms with Crippen LogP contribution < -0.4 is 4.90 Å². The van der Waals surface area contributed by atoms with Crippen LogP contribution in [0.4, 0.5) is 10.5 Å². The van der Waals surface area contributed by atoms with Gasteiger partial charge in [-0.2, -0.15) is 0 Å². The molecule has 2 rings (SSSR count). The molecule has 90 valence electrons. The van der Waals surface area contributed by atoms with Gasteiger partial charge in [-0.3, -0.25) is 9.78 Å². The predicted molar refractivity (Wildman–Crippen MR) is 66.7 cm³/mol. The van der Waals surface area contributed by atoms with Gasteiger partial charge in [0.1, 0.15) is 6.04 Å². The van der Waals surface area contributed by atoms with Gasteiger partial charge in [0.15, 0.2) is 0 Å². The molecule has 0 unspecified atom stereocenters. The number of likely N-dealkylation sites (N-methyl/N-ethyl adjacent to an activating group) is 1. The number of imide groups is 1. The standard InChI is InChI=1S/C11H12BrN3O2/c1-3-9-10(16)15(11(17)14(9)2)8-4-7(12)5-13-6-8/h4-6,9H,3H2,1-2H3/t9-/m1/s1. The average molecular weight is 298 g/mol. The van der Waals surface area contributed by atoms with E-state index in [0.717, 1.165) is 4.47 Å². The van der Waals surface area contributed by atoms with Crippen molar-refractivity contribution in [2.75, 3.05) is 11.9 Å². The van der Waals surface area contributed by atoms with Crippen molar-refractivity contribution in [1.82, 2.24) is 9.88 Å². The Bertz CT molecular complexity index is 478. The number of hydrogen-bond acceptors (Lipinski definition) is 3. The van der Waals surface area contributed by atoms with Gasteiger partial charge in [0, 0.05) is 17.7 Å². The summed E-state index contributed by atoms with van der Waals surface area (Å²) in [5.41, 5.74) is 0.497. The van der Waals surface area contributed by atoms with E-state index >= 15 is 0 Å². The van der Waals surface area contributed by atoms with Gasteiger partial charge in [0.25, 0.3) is 5.91 Å². The van der Waals surface area contributed by atoms with Gasteiger partial charge >= 0.3 is 6.03 Å². The molecule has 5 nitrogen and oxygen atoms in total. The normalized spacial score (nSPS) is 20.3. The van der Waals surface area contributed by atoms with Gasteiger partial charge in [-0.25, -0.2) is 9.69 Å². The number of carbonyl (C=O) groups is 2. The summed E-state index contributed by atoms with van der Waals surface area (Å²) in [6.07, 6.45) is 3.72. The Morgan fingerprint density at radius 1 is 1.41 bits per heavy atom. The molecule has 1 aromatic heterocycles. The number of urea groups is 1. The maximum absolute atomic E-state index is 12.1. The molecule has 0 saturated carbocycles. The molecule has 0 spiro atoms. The quantitative estimate of drug-likeness (QED) is 0.785. The number of rotatable bonds is 2. The lowest BCUT2D eigenvalue weighted by Crippen LogP contribution is -2.31. The minimum absolute atomic E-state index is 0.195. The van der Waals surface area contributed by atoms with Crippen molar-refractivity contribution in [1.29, 1.82) is 0 Å². The fourth-order valence-corrected chi connectivity index (χ4v) is 2.26. The van der Waals surface area contributed by atoms with Crippen molar-refractivity contribution in [3.05, 3.63) is 22.9 Å². The second-order valence-electron chi connectivity index (χ2n) is 3.85. The highest BCUT2D eigenvalue weighted by Crippen LogP contribution is 2.26. The number of nitrogens with zero attached hydrogens (tertiary/aromatic N) is 3. The van der Waals surface area contributed by atoms with E-state index in [0.29, 0.717) is 12.1 Å². The molecular weight excluding hydrogens is 286 g/mol. The molecule has 1 aromatic rings. The second-order valence-corrected chi connectivity index (χ2v) is 4.77. The van der Waals surface area contributed by atoms with E-state index in [-0.39, 0.29) is 18.0 Å². The van der Waals surface area contributed by atoms with Gasteiger partial charge in [0.05, 0.1) is 11.9 Å². The largest absolute Gasteiger partial charge is 0.331 e. The molecule has 0 radical (unpaired) electrons. The van der Waals surface area contributed by atoms with Gasteiger partial charge in [-0.1, -0.05) is 6.92 Å². The molecule has 0 bridgehead atoms. The second kappa shape index (κ2) is 4.44. The van der Waals surface area contributed by atoms with Crippen LogP contribution in [0.5, 0.6) is 0 Å². The van der Waals surface area contributed by atoms with Gasteiger partial charge < -0.3 is 4.90 Å². The molecule has 1 aliphatic heterocycles. The third-order valence-corrected chi connectivity index (χ3v) is 3.23. The SMILES string of the molecule is CC[C@@H]1C(=O)N(c2cncc(Br)c2)C(=O)N1C. The maximum Gasteiger partial charge on any atom is 0.331 e. The summed E-state index contributed by atoms with van der Waals surface area (Å²) in [4.78, 5) is 30.7. The molecule has 1 fully saturated rings. The first kappa shape index (κ1) is 12.0. The summed E-state index contributed by atoms with van der Waals surface area (Å²) < 4.78 is 0.734. The Hall–Kier alpha value is -1.43. The Morgan fingerprint density at radius 2 is 2.12 bits per heavy atom. The topological polar surface area (TPSA) is 53.5 Å². The van der Waals surface area contributed by atoms with Crippen LogP contribution in [0.15, 0.2) is 22.9 Å². The molecule has 0 N–H and O–H groups in total. The van der Waals surface area contributed by atoms with Gasteiger partial charge in [-0.15, -0.1) is 0 Å². The first-order valence-corrected chi connectivity index (χ1v) is 6.07. The predicted octanol–water partition coefficient (Wildman–Crippen LogP) is 2.02. The van der Waals surface area contributed by atoms with Gasteiger partial charge in [0.2, 0.25) is 0 Å². The van der Waals surface area contributed by atoms with Crippen molar-refractivity contribution in [3.8, 4) is 0 Å². The highest BCUT2D eigenvalue weighted by atomic mass is 79.9. The summed E-state index contributed by atoms with van der Waals surface area (Å²) >= 11 is 3.27. The fourth-order valence-electron chi connectivity index (χ4n) is 1.91. The third kappa shape index (κ3) is 1.93. The van der Waals surface area contributed by atoms with E-state index in [9.17, 15) is 9.59 Å². The lowest BCUT2D eigenvalue weighted by molar-refractivity contribution is -0.119. The summed E-state index contributed by atoms with van der Waals surface area (Å²) in [6, 6.07) is 1.03. The van der Waals surface area contributed by atoms with Crippen LogP contribution in [0.25, 0.3) is 0 Å². The van der Waals surface area contributed by atoms with Crippen LogP contribution in [0.1, 0.15) is 13.3 Å². The Kier molecular flexibility index (Phi) is 3.15. The van der Waals surface area contributed by atoms with E-state index in [1.807, 2.05) is 6.92 Å². The molecule has 2 heterocycles. The number of carbonyl (C=O) groups excluding carboxylic acids is 2. The number of amides is 3. The number of hydrogen-bond donors (Lipinski definition) is 0. The smallest absolute Gasteiger partial charge is 0.315 e. The van der Waals surface area contributed by atoms with Crippen LogP contribution in [0.2, 0.25) is 0 Å². The molecule has 0 aromatic carbocycles. The first-order chi connectivity index (χ1) is 8.06. The summed E-state index contributed by atoms with van der Waals surface area (Å²) in [6.45, 7) is 1.88. The third-order valence-electron chi connectivity index (χ3n) is 2.80. The fraction of sp³-hybridized carbons (Fsp3) is 0.364. The Balaban J connectivity index is 2.40. The monoisotopic (exact) mass is 297 g/mol. The van der Waals surface area contributed by atoms with Crippen molar-refractivity contribution in [2.45, 2.75) is 19.4 Å². The van der Waals surface area contributed by atoms with E-state index in [1.165, 1.54) is 16.0 Å².